The Morgan fingerprint density at radius 1 is 1.14 bits per heavy atom. The highest BCUT2D eigenvalue weighted by atomic mass is 16.3. The van der Waals surface area contributed by atoms with E-state index in [2.05, 4.69) is 20.1 Å². The van der Waals surface area contributed by atoms with Gasteiger partial charge in [0.25, 0.3) is 0 Å². The summed E-state index contributed by atoms with van der Waals surface area (Å²) in [5, 5.41) is 13.8. The number of rotatable bonds is 5. The standard InChI is InChI=1S/C25H26N8O3/c1-13(35)22-23(15-6-16-3-4-17(7-15)32(16)21(36)11-34)31-25-18(9-30-33(25)24(22)26)14-2-5-19(28-8-14)20-10-27-12-29-20/h2,5,8-10,12,15-17,34H,3-4,6-7,11,26H2,1H3,(H,27,29)/t15-,16-,17+. The van der Waals surface area contributed by atoms with E-state index in [4.69, 9.17) is 10.7 Å². The van der Waals surface area contributed by atoms with Crippen LogP contribution in [-0.2, 0) is 4.79 Å². The van der Waals surface area contributed by atoms with Gasteiger partial charge in [-0.05, 0) is 38.7 Å². The number of H-pyrrole nitrogens is 1. The SMILES string of the molecule is CC(=O)c1c([C@@H]2C[C@H]3CC[C@@H](C2)N3C(=O)CO)nc2c(-c3ccc(-c4c[nH]cn4)nc3)cnn2c1N. The summed E-state index contributed by atoms with van der Waals surface area (Å²) in [6.07, 6.45) is 9.93. The molecule has 11 nitrogen and oxygen atoms in total. The van der Waals surface area contributed by atoms with Crippen LogP contribution in [0.1, 0.15) is 54.6 Å². The van der Waals surface area contributed by atoms with Gasteiger partial charge in [-0.3, -0.25) is 14.6 Å². The molecule has 36 heavy (non-hydrogen) atoms. The number of piperidine rings is 1. The molecule has 3 atom stereocenters. The molecule has 0 aromatic carbocycles. The second-order valence-electron chi connectivity index (χ2n) is 9.51. The van der Waals surface area contributed by atoms with Gasteiger partial charge < -0.3 is 20.7 Å². The van der Waals surface area contributed by atoms with E-state index in [1.54, 1.807) is 24.9 Å². The minimum atomic E-state index is -0.486. The first-order valence-electron chi connectivity index (χ1n) is 12.0. The second-order valence-corrected chi connectivity index (χ2v) is 9.51. The van der Waals surface area contributed by atoms with Crippen LogP contribution in [0, 0.1) is 0 Å². The van der Waals surface area contributed by atoms with Gasteiger partial charge in [-0.2, -0.15) is 9.61 Å². The average molecular weight is 487 g/mol. The molecule has 4 N–H and O–H groups in total. The first-order chi connectivity index (χ1) is 17.5. The lowest BCUT2D eigenvalue weighted by molar-refractivity contribution is -0.138. The number of amides is 1. The van der Waals surface area contributed by atoms with Gasteiger partial charge in [-0.15, -0.1) is 0 Å². The Kier molecular flexibility index (Phi) is 5.29. The monoisotopic (exact) mass is 486 g/mol. The zero-order chi connectivity index (χ0) is 25.0. The van der Waals surface area contributed by atoms with Gasteiger partial charge in [0.1, 0.15) is 18.1 Å². The Labute approximate surface area is 206 Å². The van der Waals surface area contributed by atoms with Gasteiger partial charge >= 0.3 is 0 Å². The molecule has 2 bridgehead atoms. The summed E-state index contributed by atoms with van der Waals surface area (Å²) in [4.78, 5) is 43.5. The molecular formula is C25H26N8O3. The number of anilines is 1. The number of aliphatic hydroxyl groups is 1. The quantitative estimate of drug-likeness (QED) is 0.363. The van der Waals surface area contributed by atoms with E-state index in [1.165, 1.54) is 11.4 Å². The normalized spacial score (nSPS) is 21.3. The van der Waals surface area contributed by atoms with Gasteiger partial charge in [-0.1, -0.05) is 6.07 Å². The summed E-state index contributed by atoms with van der Waals surface area (Å²) >= 11 is 0. The number of aromatic amines is 1. The number of hydrogen-bond donors (Lipinski definition) is 3. The highest BCUT2D eigenvalue weighted by molar-refractivity contribution is 6.00. The van der Waals surface area contributed by atoms with Crippen LogP contribution in [0.2, 0.25) is 0 Å². The minimum Gasteiger partial charge on any atom is -0.387 e. The maximum Gasteiger partial charge on any atom is 0.248 e. The Morgan fingerprint density at radius 2 is 1.92 bits per heavy atom. The molecule has 0 spiro atoms. The van der Waals surface area contributed by atoms with Crippen molar-refractivity contribution in [3.8, 4) is 22.5 Å². The van der Waals surface area contributed by atoms with Gasteiger partial charge in [0, 0.05) is 41.5 Å². The predicted octanol–water partition coefficient (Wildman–Crippen LogP) is 2.20. The molecule has 4 aromatic rings. The lowest BCUT2D eigenvalue weighted by Gasteiger charge is -2.39. The van der Waals surface area contributed by atoms with E-state index in [1.807, 2.05) is 17.0 Å². The van der Waals surface area contributed by atoms with Crippen LogP contribution in [0.4, 0.5) is 5.82 Å². The molecule has 6 rings (SSSR count). The van der Waals surface area contributed by atoms with Crippen LogP contribution in [0.15, 0.2) is 37.1 Å². The van der Waals surface area contributed by atoms with Gasteiger partial charge in [-0.25, -0.2) is 9.97 Å². The smallest absolute Gasteiger partial charge is 0.248 e. The van der Waals surface area contributed by atoms with Crippen molar-refractivity contribution in [1.82, 2.24) is 34.4 Å². The third-order valence-corrected chi connectivity index (χ3v) is 7.44. The van der Waals surface area contributed by atoms with E-state index in [0.717, 1.165) is 35.4 Å². The number of imidazole rings is 1. The fourth-order valence-electron chi connectivity index (χ4n) is 5.89. The van der Waals surface area contributed by atoms with Crippen LogP contribution in [0.3, 0.4) is 0 Å². The van der Waals surface area contributed by atoms with Crippen molar-refractivity contribution in [2.24, 2.45) is 0 Å². The topological polar surface area (TPSA) is 155 Å². The van der Waals surface area contributed by atoms with Crippen LogP contribution >= 0.6 is 0 Å². The molecule has 2 saturated heterocycles. The van der Waals surface area contributed by atoms with E-state index < -0.39 is 6.61 Å². The number of ketones is 1. The maximum atomic E-state index is 12.7. The summed E-state index contributed by atoms with van der Waals surface area (Å²) in [5.74, 6) is -0.171. The molecule has 2 fully saturated rings. The van der Waals surface area contributed by atoms with Crippen molar-refractivity contribution in [1.29, 1.82) is 0 Å². The van der Waals surface area contributed by atoms with Crippen molar-refractivity contribution in [3.63, 3.8) is 0 Å². The lowest BCUT2D eigenvalue weighted by atomic mass is 9.85. The molecule has 0 radical (unpaired) electrons. The molecular weight excluding hydrogens is 460 g/mol. The number of hydrogen-bond acceptors (Lipinski definition) is 8. The van der Waals surface area contributed by atoms with Crippen molar-refractivity contribution >= 4 is 23.2 Å². The van der Waals surface area contributed by atoms with E-state index in [0.29, 0.717) is 29.7 Å². The number of fused-ring (bicyclic) bond motifs is 3. The van der Waals surface area contributed by atoms with Crippen LogP contribution < -0.4 is 5.73 Å². The number of nitrogen functional groups attached to an aromatic ring is 1. The molecule has 0 saturated carbocycles. The minimum absolute atomic E-state index is 0.0237. The largest absolute Gasteiger partial charge is 0.387 e. The highest BCUT2D eigenvalue weighted by Gasteiger charge is 2.44. The van der Waals surface area contributed by atoms with Gasteiger partial charge in [0.15, 0.2) is 11.4 Å². The summed E-state index contributed by atoms with van der Waals surface area (Å²) < 4.78 is 1.51. The molecule has 11 heteroatoms. The number of nitrogens with zero attached hydrogens (tertiary/aromatic N) is 6. The van der Waals surface area contributed by atoms with Crippen LogP contribution in [0.25, 0.3) is 28.2 Å². The fraction of sp³-hybridized carbons (Fsp3) is 0.360. The first kappa shape index (κ1) is 22.4. The van der Waals surface area contributed by atoms with Crippen molar-refractivity contribution in [2.45, 2.75) is 50.6 Å². The molecule has 184 valence electrons. The number of aliphatic hydroxyl groups excluding tert-OH is 1. The predicted molar refractivity (Wildman–Crippen MR) is 131 cm³/mol. The van der Waals surface area contributed by atoms with E-state index >= 15 is 0 Å². The Morgan fingerprint density at radius 3 is 2.53 bits per heavy atom. The molecule has 1 amide bonds. The number of carbonyl (C=O) groups is 2. The third-order valence-electron chi connectivity index (χ3n) is 7.44. The Hall–Kier alpha value is -4.12. The van der Waals surface area contributed by atoms with Crippen molar-refractivity contribution in [2.75, 3.05) is 12.3 Å². The average Bonchev–Trinajstić information content (AvgIpc) is 3.62. The van der Waals surface area contributed by atoms with Gasteiger partial charge in [0.05, 0.1) is 29.5 Å². The number of nitrogens with one attached hydrogen (secondary N) is 1. The Bertz CT molecular complexity index is 1450. The zero-order valence-electron chi connectivity index (χ0n) is 19.8. The lowest BCUT2D eigenvalue weighted by Crippen LogP contribution is -2.47. The molecule has 4 aromatic heterocycles. The molecule has 2 aliphatic rings. The second kappa shape index (κ2) is 8.52. The summed E-state index contributed by atoms with van der Waals surface area (Å²) in [5.41, 5.74) is 11.2. The van der Waals surface area contributed by atoms with Crippen molar-refractivity contribution in [3.05, 3.63) is 48.3 Å². The number of nitrogens with two attached hydrogens (primary N) is 1. The first-order valence-corrected chi connectivity index (χ1v) is 12.0. The number of Topliss-reactive ketones (excluding diaryl/α,β-unsaturated/α-hetero) is 1. The fourth-order valence-corrected chi connectivity index (χ4v) is 5.89. The highest BCUT2D eigenvalue weighted by Crippen LogP contribution is 2.44. The number of carbonyl (C=O) groups excluding carboxylic acids is 2. The Balaban J connectivity index is 1.42. The van der Waals surface area contributed by atoms with Crippen LogP contribution in [0.5, 0.6) is 0 Å². The number of aromatic nitrogens is 6. The zero-order valence-corrected chi connectivity index (χ0v) is 19.8. The van der Waals surface area contributed by atoms with Crippen molar-refractivity contribution < 1.29 is 14.7 Å². The maximum absolute atomic E-state index is 12.7. The van der Waals surface area contributed by atoms with Gasteiger partial charge in [0.2, 0.25) is 5.91 Å². The molecule has 6 heterocycles. The van der Waals surface area contributed by atoms with E-state index in [-0.39, 0.29) is 35.5 Å². The molecule has 0 aliphatic carbocycles. The van der Waals surface area contributed by atoms with Crippen LogP contribution in [-0.4, -0.2) is 69.9 Å². The molecule has 2 aliphatic heterocycles. The number of pyridine rings is 1. The summed E-state index contributed by atoms with van der Waals surface area (Å²) in [6, 6.07) is 3.87. The molecule has 0 unspecified atom stereocenters. The van der Waals surface area contributed by atoms with E-state index in [9.17, 15) is 14.7 Å². The summed E-state index contributed by atoms with van der Waals surface area (Å²) in [6.45, 7) is 1.00. The summed E-state index contributed by atoms with van der Waals surface area (Å²) in [7, 11) is 0. The third kappa shape index (κ3) is 3.46.